The molecule has 0 aliphatic carbocycles. The lowest BCUT2D eigenvalue weighted by Gasteiger charge is -2.19. The number of rotatable bonds is 9. The molecule has 35 heavy (non-hydrogen) atoms. The van der Waals surface area contributed by atoms with E-state index in [-0.39, 0.29) is 28.1 Å². The number of anilines is 1. The fourth-order valence-corrected chi connectivity index (χ4v) is 4.51. The van der Waals surface area contributed by atoms with Gasteiger partial charge in [0.05, 0.1) is 30.2 Å². The maximum absolute atomic E-state index is 13.3. The summed E-state index contributed by atoms with van der Waals surface area (Å²) in [5, 5.41) is 2.59. The molecule has 0 bridgehead atoms. The number of amides is 1. The van der Waals surface area contributed by atoms with Crippen molar-refractivity contribution in [1.29, 1.82) is 0 Å². The normalized spacial score (nSPS) is 11.8. The predicted molar refractivity (Wildman–Crippen MR) is 128 cm³/mol. The third kappa shape index (κ3) is 6.75. The lowest BCUT2D eigenvalue weighted by Crippen LogP contribution is -2.45. The molecule has 0 heterocycles. The molecule has 3 aromatic rings. The fraction of sp³-hybridized carbons (Fsp3) is 0.160. The predicted octanol–water partition coefficient (Wildman–Crippen LogP) is 2.79. The quantitative estimate of drug-likeness (QED) is 0.436. The van der Waals surface area contributed by atoms with Crippen molar-refractivity contribution in [3.05, 3.63) is 95.6 Å². The lowest BCUT2D eigenvalue weighted by molar-refractivity contribution is -0.117. The minimum absolute atomic E-state index is 0.00604. The van der Waals surface area contributed by atoms with Gasteiger partial charge in [-0.05, 0) is 42.3 Å². The molecule has 2 N–H and O–H groups in total. The van der Waals surface area contributed by atoms with Crippen LogP contribution in [0.15, 0.2) is 83.8 Å². The lowest BCUT2D eigenvalue weighted by atomic mass is 10.1. The first-order valence-corrected chi connectivity index (χ1v) is 12.0. The summed E-state index contributed by atoms with van der Waals surface area (Å²) >= 11 is 0. The molecule has 182 valence electrons. The van der Waals surface area contributed by atoms with Crippen LogP contribution in [0, 0.1) is 0 Å². The molecule has 10 heteroatoms. The number of carbonyl (C=O) groups is 3. The van der Waals surface area contributed by atoms with E-state index in [9.17, 15) is 22.8 Å². The van der Waals surface area contributed by atoms with Crippen LogP contribution in [0.5, 0.6) is 0 Å². The minimum Gasteiger partial charge on any atom is -0.465 e. The molecule has 9 nitrogen and oxygen atoms in total. The molecule has 1 amide bonds. The van der Waals surface area contributed by atoms with Crippen LogP contribution in [0.25, 0.3) is 0 Å². The van der Waals surface area contributed by atoms with Gasteiger partial charge in [-0.1, -0.05) is 48.5 Å². The Morgan fingerprint density at radius 2 is 1.31 bits per heavy atom. The van der Waals surface area contributed by atoms with Gasteiger partial charge in [0.1, 0.15) is 6.04 Å². The molecule has 0 saturated heterocycles. The number of sulfonamides is 1. The number of carbonyl (C=O) groups excluding carboxylic acids is 3. The molecule has 0 fully saturated rings. The molecule has 0 aliphatic heterocycles. The fourth-order valence-electron chi connectivity index (χ4n) is 3.29. The first-order valence-electron chi connectivity index (χ1n) is 10.5. The van der Waals surface area contributed by atoms with Crippen molar-refractivity contribution in [2.75, 3.05) is 19.5 Å². The molecule has 1 atom stereocenters. The van der Waals surface area contributed by atoms with E-state index in [0.29, 0.717) is 0 Å². The van der Waals surface area contributed by atoms with Crippen molar-refractivity contribution >= 4 is 33.6 Å². The van der Waals surface area contributed by atoms with Crippen molar-refractivity contribution in [2.24, 2.45) is 0 Å². The van der Waals surface area contributed by atoms with E-state index in [1.165, 1.54) is 44.6 Å². The summed E-state index contributed by atoms with van der Waals surface area (Å²) in [6, 6.07) is 19.3. The topological polar surface area (TPSA) is 128 Å². The van der Waals surface area contributed by atoms with Crippen LogP contribution in [0.2, 0.25) is 0 Å². The summed E-state index contributed by atoms with van der Waals surface area (Å²) in [6.45, 7) is 0. The molecule has 0 aromatic heterocycles. The van der Waals surface area contributed by atoms with Gasteiger partial charge in [0, 0.05) is 5.69 Å². The van der Waals surface area contributed by atoms with Crippen LogP contribution < -0.4 is 10.0 Å². The number of hydrogen-bond acceptors (Lipinski definition) is 7. The van der Waals surface area contributed by atoms with E-state index >= 15 is 0 Å². The van der Waals surface area contributed by atoms with Crippen LogP contribution in [-0.4, -0.2) is 46.5 Å². The minimum atomic E-state index is -4.03. The van der Waals surface area contributed by atoms with Gasteiger partial charge in [0.25, 0.3) is 0 Å². The molecule has 0 saturated carbocycles. The molecule has 3 aromatic carbocycles. The van der Waals surface area contributed by atoms with Gasteiger partial charge in [0.2, 0.25) is 15.9 Å². The third-order valence-electron chi connectivity index (χ3n) is 4.99. The Morgan fingerprint density at radius 1 is 0.800 bits per heavy atom. The van der Waals surface area contributed by atoms with Crippen LogP contribution in [0.3, 0.4) is 0 Å². The zero-order valence-electron chi connectivity index (χ0n) is 19.1. The molecule has 3 rings (SSSR count). The Bertz CT molecular complexity index is 1280. The molecule has 0 aliphatic rings. The Hall–Kier alpha value is -4.02. The molecule has 0 unspecified atom stereocenters. The van der Waals surface area contributed by atoms with Gasteiger partial charge in [-0.25, -0.2) is 18.0 Å². The Balaban J connectivity index is 1.94. The largest absolute Gasteiger partial charge is 0.465 e. The van der Waals surface area contributed by atoms with E-state index in [2.05, 4.69) is 10.0 Å². The Labute approximate surface area is 203 Å². The van der Waals surface area contributed by atoms with E-state index in [4.69, 9.17) is 9.47 Å². The summed E-state index contributed by atoms with van der Waals surface area (Å²) in [4.78, 5) is 37.4. The van der Waals surface area contributed by atoms with E-state index < -0.39 is 33.9 Å². The molecule has 0 radical (unpaired) electrons. The number of benzene rings is 3. The van der Waals surface area contributed by atoms with Gasteiger partial charge >= 0.3 is 11.9 Å². The highest BCUT2D eigenvalue weighted by molar-refractivity contribution is 7.89. The van der Waals surface area contributed by atoms with Crippen molar-refractivity contribution in [1.82, 2.24) is 4.72 Å². The van der Waals surface area contributed by atoms with Crippen molar-refractivity contribution in [2.45, 2.75) is 17.4 Å². The highest BCUT2D eigenvalue weighted by Gasteiger charge is 2.27. The van der Waals surface area contributed by atoms with Gasteiger partial charge in [-0.2, -0.15) is 4.72 Å². The first-order chi connectivity index (χ1) is 16.7. The number of methoxy groups -OCH3 is 2. The van der Waals surface area contributed by atoms with Crippen LogP contribution in [0.4, 0.5) is 5.69 Å². The van der Waals surface area contributed by atoms with Gasteiger partial charge in [0.15, 0.2) is 0 Å². The highest BCUT2D eigenvalue weighted by atomic mass is 32.2. The summed E-state index contributed by atoms with van der Waals surface area (Å²) in [5.41, 5.74) is 0.836. The SMILES string of the molecule is COC(=O)c1cc(NC(=O)[C@@H](Cc2ccccc2)NS(=O)(=O)c2ccccc2)cc(C(=O)OC)c1. The van der Waals surface area contributed by atoms with Crippen LogP contribution in [0.1, 0.15) is 26.3 Å². The second-order valence-corrected chi connectivity index (χ2v) is 9.16. The van der Waals surface area contributed by atoms with Crippen molar-refractivity contribution < 1.29 is 32.3 Å². The maximum atomic E-state index is 13.3. The summed E-state index contributed by atoms with van der Waals surface area (Å²) in [5.74, 6) is -2.14. The number of esters is 2. The third-order valence-corrected chi connectivity index (χ3v) is 6.48. The first kappa shape index (κ1) is 25.6. The maximum Gasteiger partial charge on any atom is 0.337 e. The standard InChI is InChI=1S/C25H24N2O7S/c1-33-24(29)18-14-19(25(30)34-2)16-20(15-18)26-23(28)22(13-17-9-5-3-6-10-17)27-35(31,32)21-11-7-4-8-12-21/h3-12,14-16,22,27H,13H2,1-2H3,(H,26,28)/t22-/m1/s1. The zero-order valence-corrected chi connectivity index (χ0v) is 19.9. The average Bonchev–Trinajstić information content (AvgIpc) is 2.88. The van der Waals surface area contributed by atoms with Gasteiger partial charge in [-0.3, -0.25) is 4.79 Å². The van der Waals surface area contributed by atoms with E-state index in [1.54, 1.807) is 48.5 Å². The van der Waals surface area contributed by atoms with Crippen LogP contribution in [-0.2, 0) is 30.7 Å². The van der Waals surface area contributed by atoms with Crippen molar-refractivity contribution in [3.8, 4) is 0 Å². The second kappa shape index (κ2) is 11.4. The van der Waals surface area contributed by atoms with Crippen molar-refractivity contribution in [3.63, 3.8) is 0 Å². The number of ether oxygens (including phenoxy) is 2. The van der Waals surface area contributed by atoms with E-state index in [1.807, 2.05) is 0 Å². The second-order valence-electron chi connectivity index (χ2n) is 7.45. The molecule has 0 spiro atoms. The van der Waals surface area contributed by atoms with Crippen LogP contribution >= 0.6 is 0 Å². The molecular formula is C25H24N2O7S. The summed E-state index contributed by atoms with van der Waals surface area (Å²) < 4.78 is 37.8. The monoisotopic (exact) mass is 496 g/mol. The Morgan fingerprint density at radius 3 is 1.83 bits per heavy atom. The highest BCUT2D eigenvalue weighted by Crippen LogP contribution is 2.19. The zero-order chi connectivity index (χ0) is 25.4. The van der Waals surface area contributed by atoms with E-state index in [0.717, 1.165) is 5.56 Å². The summed E-state index contributed by atoms with van der Waals surface area (Å²) in [6.07, 6.45) is 0.0548. The number of hydrogen-bond donors (Lipinski definition) is 2. The van der Waals surface area contributed by atoms with Gasteiger partial charge < -0.3 is 14.8 Å². The number of nitrogens with one attached hydrogen (secondary N) is 2. The Kier molecular flexibility index (Phi) is 8.34. The average molecular weight is 497 g/mol. The van der Waals surface area contributed by atoms with Gasteiger partial charge in [-0.15, -0.1) is 0 Å². The molecular weight excluding hydrogens is 472 g/mol. The smallest absolute Gasteiger partial charge is 0.337 e. The summed E-state index contributed by atoms with van der Waals surface area (Å²) in [7, 11) is -1.67.